The zero-order valence-electron chi connectivity index (χ0n) is 12.0. The van der Waals surface area contributed by atoms with Crippen LogP contribution in [-0.2, 0) is 0 Å². The monoisotopic (exact) mass is 317 g/mol. The number of halogens is 3. The molecule has 21 heavy (non-hydrogen) atoms. The van der Waals surface area contributed by atoms with Gasteiger partial charge in [0, 0.05) is 18.3 Å². The van der Waals surface area contributed by atoms with E-state index in [1.54, 1.807) is 0 Å². The smallest absolute Gasteiger partial charge is 0.309 e. The van der Waals surface area contributed by atoms with Gasteiger partial charge in [0.1, 0.15) is 0 Å². The average molecular weight is 317 g/mol. The van der Waals surface area contributed by atoms with Gasteiger partial charge in [-0.15, -0.1) is 0 Å². The molecule has 1 nitrogen and oxygen atoms in total. The highest BCUT2D eigenvalue weighted by Crippen LogP contribution is 2.35. The molecule has 0 heterocycles. The van der Waals surface area contributed by atoms with Crippen molar-refractivity contribution < 1.29 is 13.2 Å². The van der Waals surface area contributed by atoms with Gasteiger partial charge in [-0.25, -0.2) is 0 Å². The topological polar surface area (TPSA) is 12.0 Å². The lowest BCUT2D eigenvalue weighted by Gasteiger charge is -2.31. The first-order valence-electron chi connectivity index (χ1n) is 7.55. The molecular weight excluding hydrogens is 295 g/mol. The van der Waals surface area contributed by atoms with Crippen molar-refractivity contribution >= 4 is 11.8 Å². The fraction of sp³-hybridized carbons (Fsp3) is 0.625. The van der Waals surface area contributed by atoms with Crippen LogP contribution in [0.15, 0.2) is 30.3 Å². The molecule has 0 amide bonds. The Morgan fingerprint density at radius 3 is 2.38 bits per heavy atom. The van der Waals surface area contributed by atoms with Gasteiger partial charge in [-0.1, -0.05) is 49.6 Å². The summed E-state index contributed by atoms with van der Waals surface area (Å²) in [5.41, 5.74) is -2.93. The maximum Gasteiger partial charge on any atom is 0.441 e. The van der Waals surface area contributed by atoms with Crippen LogP contribution in [0.1, 0.15) is 43.7 Å². The molecule has 0 aliphatic heterocycles. The summed E-state index contributed by atoms with van der Waals surface area (Å²) >= 11 is 0.0549. The van der Waals surface area contributed by atoms with Gasteiger partial charge in [0.2, 0.25) is 0 Å². The van der Waals surface area contributed by atoms with Gasteiger partial charge in [0.15, 0.2) is 0 Å². The number of nitrogens with one attached hydrogen (secondary N) is 1. The third-order valence-electron chi connectivity index (χ3n) is 4.01. The maximum atomic E-state index is 12.2. The molecule has 1 aromatic carbocycles. The van der Waals surface area contributed by atoms with Gasteiger partial charge < -0.3 is 5.32 Å². The molecule has 0 aromatic heterocycles. The summed E-state index contributed by atoms with van der Waals surface area (Å²) in [6, 6.07) is 10.3. The predicted molar refractivity (Wildman–Crippen MR) is 82.3 cm³/mol. The van der Waals surface area contributed by atoms with E-state index in [0.29, 0.717) is 12.5 Å². The summed E-state index contributed by atoms with van der Waals surface area (Å²) in [6.45, 7) is 0.389. The van der Waals surface area contributed by atoms with Crippen LogP contribution < -0.4 is 5.32 Å². The predicted octanol–water partition coefficient (Wildman–Crippen LogP) is 5.15. The van der Waals surface area contributed by atoms with Crippen LogP contribution in [0.2, 0.25) is 0 Å². The third kappa shape index (κ3) is 5.91. The summed E-state index contributed by atoms with van der Waals surface area (Å²) in [5.74, 6) is 0.608. The SMILES string of the molecule is FC(F)(F)SCCNC(c1ccccc1)C1CCCCC1. The number of rotatable bonds is 6. The first-order chi connectivity index (χ1) is 10.1. The quantitative estimate of drug-likeness (QED) is 0.728. The van der Waals surface area contributed by atoms with E-state index in [1.165, 1.54) is 37.7 Å². The molecule has 2 rings (SSSR count). The maximum absolute atomic E-state index is 12.2. The fourth-order valence-electron chi connectivity index (χ4n) is 3.07. The molecule has 0 saturated heterocycles. The summed E-state index contributed by atoms with van der Waals surface area (Å²) < 4.78 is 36.6. The molecule has 1 aliphatic rings. The van der Waals surface area contributed by atoms with Crippen LogP contribution in [0.25, 0.3) is 0 Å². The Labute approximate surface area is 128 Å². The van der Waals surface area contributed by atoms with Gasteiger partial charge >= 0.3 is 5.51 Å². The summed E-state index contributed by atoms with van der Waals surface area (Å²) in [6.07, 6.45) is 6.07. The first-order valence-corrected chi connectivity index (χ1v) is 8.54. The molecule has 1 atom stereocenters. The van der Waals surface area contributed by atoms with Crippen molar-refractivity contribution in [3.05, 3.63) is 35.9 Å². The van der Waals surface area contributed by atoms with Crippen molar-refractivity contribution in [1.29, 1.82) is 0 Å². The van der Waals surface area contributed by atoms with Crippen molar-refractivity contribution in [3.63, 3.8) is 0 Å². The van der Waals surface area contributed by atoms with Gasteiger partial charge in [0.05, 0.1) is 0 Å². The van der Waals surface area contributed by atoms with E-state index in [-0.39, 0.29) is 23.6 Å². The highest BCUT2D eigenvalue weighted by molar-refractivity contribution is 8.00. The first kappa shape index (κ1) is 16.7. The van der Waals surface area contributed by atoms with Crippen LogP contribution in [0.5, 0.6) is 0 Å². The minimum Gasteiger partial charge on any atom is -0.309 e. The average Bonchev–Trinajstić information content (AvgIpc) is 2.48. The Hall–Kier alpha value is -0.680. The van der Waals surface area contributed by atoms with Crippen molar-refractivity contribution in [2.24, 2.45) is 5.92 Å². The van der Waals surface area contributed by atoms with E-state index in [0.717, 1.165) is 0 Å². The highest BCUT2D eigenvalue weighted by Gasteiger charge is 2.28. The second kappa shape index (κ2) is 8.08. The molecular formula is C16H22F3NS. The van der Waals surface area contributed by atoms with E-state index in [4.69, 9.17) is 0 Å². The van der Waals surface area contributed by atoms with E-state index >= 15 is 0 Å². The molecule has 1 fully saturated rings. The van der Waals surface area contributed by atoms with Crippen molar-refractivity contribution in [1.82, 2.24) is 5.32 Å². The van der Waals surface area contributed by atoms with Crippen LogP contribution in [0.4, 0.5) is 13.2 Å². The number of thioether (sulfide) groups is 1. The van der Waals surface area contributed by atoms with E-state index in [9.17, 15) is 13.2 Å². The van der Waals surface area contributed by atoms with Crippen LogP contribution >= 0.6 is 11.8 Å². The second-order valence-corrected chi connectivity index (χ2v) is 6.69. The second-order valence-electron chi connectivity index (χ2n) is 5.53. The number of benzene rings is 1. The van der Waals surface area contributed by atoms with Crippen molar-refractivity contribution in [2.75, 3.05) is 12.3 Å². The molecule has 0 spiro atoms. The third-order valence-corrected chi connectivity index (χ3v) is 4.75. The molecule has 0 bridgehead atoms. The van der Waals surface area contributed by atoms with E-state index < -0.39 is 5.51 Å². The Kier molecular flexibility index (Phi) is 6.42. The fourth-order valence-corrected chi connectivity index (χ4v) is 3.52. The lowest BCUT2D eigenvalue weighted by atomic mass is 9.81. The lowest BCUT2D eigenvalue weighted by molar-refractivity contribution is -0.0327. The number of hydrogen-bond donors (Lipinski definition) is 1. The van der Waals surface area contributed by atoms with Crippen molar-refractivity contribution in [2.45, 2.75) is 43.7 Å². The minimum atomic E-state index is -4.13. The van der Waals surface area contributed by atoms with Crippen LogP contribution in [0, 0.1) is 5.92 Å². The summed E-state index contributed by atoms with van der Waals surface area (Å²) in [5, 5.41) is 3.36. The molecule has 1 aliphatic carbocycles. The van der Waals surface area contributed by atoms with Crippen molar-refractivity contribution in [3.8, 4) is 0 Å². The number of alkyl halides is 3. The molecule has 1 N–H and O–H groups in total. The minimum absolute atomic E-state index is 0.0549. The molecule has 1 saturated carbocycles. The molecule has 1 unspecified atom stereocenters. The van der Waals surface area contributed by atoms with Gasteiger partial charge in [-0.3, -0.25) is 0 Å². The lowest BCUT2D eigenvalue weighted by Crippen LogP contribution is -2.31. The Morgan fingerprint density at radius 2 is 1.76 bits per heavy atom. The molecule has 0 radical (unpaired) electrons. The van der Waals surface area contributed by atoms with Crippen LogP contribution in [-0.4, -0.2) is 17.8 Å². The Bertz CT molecular complexity index is 402. The normalized spacial score (nSPS) is 18.6. The van der Waals surface area contributed by atoms with Crippen LogP contribution in [0.3, 0.4) is 0 Å². The van der Waals surface area contributed by atoms with E-state index in [2.05, 4.69) is 17.4 Å². The standard InChI is InChI=1S/C16H22F3NS/c17-16(18,19)21-12-11-20-15(13-7-3-1-4-8-13)14-9-5-2-6-10-14/h1,3-4,7-8,14-15,20H,2,5-6,9-12H2. The summed E-state index contributed by atoms with van der Waals surface area (Å²) in [7, 11) is 0. The number of hydrogen-bond acceptors (Lipinski definition) is 2. The van der Waals surface area contributed by atoms with Gasteiger partial charge in [0.25, 0.3) is 0 Å². The zero-order chi connectivity index (χ0) is 15.1. The highest BCUT2D eigenvalue weighted by atomic mass is 32.2. The molecule has 5 heteroatoms. The van der Waals surface area contributed by atoms with E-state index in [1.807, 2.05) is 18.2 Å². The largest absolute Gasteiger partial charge is 0.441 e. The Morgan fingerprint density at radius 1 is 1.10 bits per heavy atom. The zero-order valence-corrected chi connectivity index (χ0v) is 12.8. The molecule has 118 valence electrons. The Balaban J connectivity index is 1.92. The van der Waals surface area contributed by atoms with Gasteiger partial charge in [-0.05, 0) is 36.1 Å². The molecule has 1 aromatic rings. The summed E-state index contributed by atoms with van der Waals surface area (Å²) in [4.78, 5) is 0. The van der Waals surface area contributed by atoms with Gasteiger partial charge in [-0.2, -0.15) is 13.2 Å².